The lowest BCUT2D eigenvalue weighted by Gasteiger charge is -2.22. The van der Waals surface area contributed by atoms with Crippen molar-refractivity contribution in [3.63, 3.8) is 0 Å². The molecule has 4 heteroatoms. The van der Waals surface area contributed by atoms with Crippen LogP contribution in [0.4, 0.5) is 0 Å². The molecule has 0 aliphatic heterocycles. The first-order valence-corrected chi connectivity index (χ1v) is 6.02. The van der Waals surface area contributed by atoms with Gasteiger partial charge in [0, 0.05) is 19.7 Å². The van der Waals surface area contributed by atoms with Crippen LogP contribution in [-0.2, 0) is 0 Å². The number of nitrogens with zero attached hydrogens (tertiary/aromatic N) is 1. The standard InChI is InChI=1S/C12H27N3O/c1-10(2)8-14-11(13)15-9-12(3,4)6-5-7-16/h10,16H,5-9H2,1-4H3,(H3,13,14,15). The fourth-order valence-electron chi connectivity index (χ4n) is 1.30. The van der Waals surface area contributed by atoms with Gasteiger partial charge < -0.3 is 16.2 Å². The van der Waals surface area contributed by atoms with E-state index >= 15 is 0 Å². The predicted octanol–water partition coefficient (Wildman–Crippen LogP) is 1.35. The number of nitrogens with one attached hydrogen (secondary N) is 1. The summed E-state index contributed by atoms with van der Waals surface area (Å²) in [6.45, 7) is 10.3. The molecule has 0 fully saturated rings. The Morgan fingerprint density at radius 2 is 2.06 bits per heavy atom. The first-order valence-electron chi connectivity index (χ1n) is 6.02. The monoisotopic (exact) mass is 229 g/mol. The first kappa shape index (κ1) is 15.2. The Balaban J connectivity index is 3.93. The lowest BCUT2D eigenvalue weighted by Crippen LogP contribution is -2.35. The number of rotatable bonds is 7. The molecule has 0 bridgehead atoms. The molecule has 96 valence electrons. The Labute approximate surface area is 99.3 Å². The van der Waals surface area contributed by atoms with E-state index < -0.39 is 0 Å². The summed E-state index contributed by atoms with van der Waals surface area (Å²) in [7, 11) is 0. The van der Waals surface area contributed by atoms with Gasteiger partial charge >= 0.3 is 0 Å². The van der Waals surface area contributed by atoms with Crippen LogP contribution in [-0.4, -0.2) is 30.8 Å². The number of hydrogen-bond acceptors (Lipinski definition) is 2. The summed E-state index contributed by atoms with van der Waals surface area (Å²) in [5, 5.41) is 11.9. The van der Waals surface area contributed by atoms with Crippen LogP contribution in [0.5, 0.6) is 0 Å². The van der Waals surface area contributed by atoms with E-state index in [1.165, 1.54) is 0 Å². The molecule has 0 unspecified atom stereocenters. The zero-order chi connectivity index (χ0) is 12.6. The van der Waals surface area contributed by atoms with E-state index in [0.29, 0.717) is 18.4 Å². The third kappa shape index (κ3) is 8.53. The molecular formula is C12H27N3O. The van der Waals surface area contributed by atoms with Gasteiger partial charge in [-0.3, -0.25) is 4.99 Å². The van der Waals surface area contributed by atoms with Crippen molar-refractivity contribution in [1.29, 1.82) is 0 Å². The number of hydrogen-bond donors (Lipinski definition) is 3. The van der Waals surface area contributed by atoms with Crippen LogP contribution in [0, 0.1) is 11.3 Å². The molecule has 0 amide bonds. The van der Waals surface area contributed by atoms with Crippen molar-refractivity contribution < 1.29 is 5.11 Å². The Bertz CT molecular complexity index is 212. The van der Waals surface area contributed by atoms with Gasteiger partial charge in [-0.25, -0.2) is 0 Å². The van der Waals surface area contributed by atoms with E-state index in [9.17, 15) is 0 Å². The van der Waals surface area contributed by atoms with E-state index in [1.54, 1.807) is 0 Å². The molecule has 0 aliphatic rings. The second-order valence-corrected chi connectivity index (χ2v) is 5.47. The van der Waals surface area contributed by atoms with Crippen LogP contribution in [0.25, 0.3) is 0 Å². The molecule has 4 nitrogen and oxygen atoms in total. The van der Waals surface area contributed by atoms with Crippen molar-refractivity contribution in [2.24, 2.45) is 22.1 Å². The molecule has 0 aliphatic carbocycles. The molecule has 0 aromatic carbocycles. The van der Waals surface area contributed by atoms with Crippen LogP contribution < -0.4 is 11.1 Å². The van der Waals surface area contributed by atoms with E-state index in [0.717, 1.165) is 19.4 Å². The summed E-state index contributed by atoms with van der Waals surface area (Å²) < 4.78 is 0. The largest absolute Gasteiger partial charge is 0.396 e. The molecule has 0 spiro atoms. The smallest absolute Gasteiger partial charge is 0.188 e. The van der Waals surface area contributed by atoms with E-state index in [4.69, 9.17) is 10.8 Å². The van der Waals surface area contributed by atoms with Crippen LogP contribution >= 0.6 is 0 Å². The van der Waals surface area contributed by atoms with Gasteiger partial charge in [0.05, 0.1) is 0 Å². The maximum Gasteiger partial charge on any atom is 0.188 e. The highest BCUT2D eigenvalue weighted by Crippen LogP contribution is 2.22. The summed E-state index contributed by atoms with van der Waals surface area (Å²) in [6.07, 6.45) is 1.78. The van der Waals surface area contributed by atoms with Gasteiger partial charge in [0.25, 0.3) is 0 Å². The van der Waals surface area contributed by atoms with Crippen molar-refractivity contribution in [3.05, 3.63) is 0 Å². The molecule has 4 N–H and O–H groups in total. The zero-order valence-electron chi connectivity index (χ0n) is 11.1. The first-order chi connectivity index (χ1) is 7.37. The topological polar surface area (TPSA) is 70.6 Å². The van der Waals surface area contributed by atoms with E-state index in [1.807, 2.05) is 0 Å². The number of aliphatic hydroxyl groups is 1. The maximum absolute atomic E-state index is 8.78. The Hall–Kier alpha value is -0.770. The van der Waals surface area contributed by atoms with Gasteiger partial charge in [0.2, 0.25) is 0 Å². The van der Waals surface area contributed by atoms with Crippen LogP contribution in [0.15, 0.2) is 4.99 Å². The fraction of sp³-hybridized carbons (Fsp3) is 0.917. The van der Waals surface area contributed by atoms with Crippen molar-refractivity contribution in [1.82, 2.24) is 5.32 Å². The molecule has 16 heavy (non-hydrogen) atoms. The molecule has 0 saturated carbocycles. The second-order valence-electron chi connectivity index (χ2n) is 5.47. The molecule has 0 heterocycles. The third-order valence-electron chi connectivity index (χ3n) is 2.38. The van der Waals surface area contributed by atoms with Crippen LogP contribution in [0.2, 0.25) is 0 Å². The minimum Gasteiger partial charge on any atom is -0.396 e. The van der Waals surface area contributed by atoms with Gasteiger partial charge in [-0.15, -0.1) is 0 Å². The quantitative estimate of drug-likeness (QED) is 0.456. The zero-order valence-corrected chi connectivity index (χ0v) is 11.1. The van der Waals surface area contributed by atoms with Crippen molar-refractivity contribution in [3.8, 4) is 0 Å². The molecular weight excluding hydrogens is 202 g/mol. The van der Waals surface area contributed by atoms with Crippen molar-refractivity contribution in [2.45, 2.75) is 40.5 Å². The normalized spacial score (nSPS) is 13.2. The van der Waals surface area contributed by atoms with E-state index in [-0.39, 0.29) is 12.0 Å². The summed E-state index contributed by atoms with van der Waals surface area (Å²) in [5.74, 6) is 1.09. The summed E-state index contributed by atoms with van der Waals surface area (Å²) in [5.41, 5.74) is 5.85. The Morgan fingerprint density at radius 1 is 1.44 bits per heavy atom. The third-order valence-corrected chi connectivity index (χ3v) is 2.38. The molecule has 0 aromatic rings. The van der Waals surface area contributed by atoms with Gasteiger partial charge in [-0.2, -0.15) is 0 Å². The Morgan fingerprint density at radius 3 is 2.56 bits per heavy atom. The minimum atomic E-state index is 0.104. The second kappa shape index (κ2) is 7.49. The molecule has 0 saturated heterocycles. The maximum atomic E-state index is 8.78. The van der Waals surface area contributed by atoms with Crippen LogP contribution in [0.1, 0.15) is 40.5 Å². The highest BCUT2D eigenvalue weighted by molar-refractivity contribution is 5.77. The Kier molecular flexibility index (Phi) is 7.13. The minimum absolute atomic E-state index is 0.104. The van der Waals surface area contributed by atoms with Gasteiger partial charge in [0.15, 0.2) is 5.96 Å². The predicted molar refractivity (Wildman–Crippen MR) is 69.4 cm³/mol. The van der Waals surface area contributed by atoms with Crippen molar-refractivity contribution >= 4 is 5.96 Å². The van der Waals surface area contributed by atoms with Gasteiger partial charge in [-0.1, -0.05) is 27.7 Å². The number of aliphatic imine (C=N–C) groups is 1. The summed E-state index contributed by atoms with van der Waals surface area (Å²) in [6, 6.07) is 0. The average Bonchev–Trinajstić information content (AvgIpc) is 2.21. The fourth-order valence-corrected chi connectivity index (χ4v) is 1.30. The molecule has 0 atom stereocenters. The van der Waals surface area contributed by atoms with Crippen molar-refractivity contribution in [2.75, 3.05) is 19.7 Å². The lowest BCUT2D eigenvalue weighted by atomic mass is 9.88. The highest BCUT2D eigenvalue weighted by atomic mass is 16.2. The molecule has 0 aromatic heterocycles. The summed E-state index contributed by atoms with van der Waals surface area (Å²) >= 11 is 0. The van der Waals surface area contributed by atoms with E-state index in [2.05, 4.69) is 38.0 Å². The summed E-state index contributed by atoms with van der Waals surface area (Å²) in [4.78, 5) is 4.32. The SMILES string of the molecule is CC(C)CNC(N)=NCC(C)(C)CCCO. The number of nitrogens with two attached hydrogens (primary N) is 1. The molecule has 0 rings (SSSR count). The van der Waals surface area contributed by atoms with Gasteiger partial charge in [0.1, 0.15) is 0 Å². The average molecular weight is 229 g/mol. The lowest BCUT2D eigenvalue weighted by molar-refractivity contribution is 0.245. The van der Waals surface area contributed by atoms with Gasteiger partial charge in [-0.05, 0) is 24.2 Å². The molecule has 0 radical (unpaired) electrons. The highest BCUT2D eigenvalue weighted by Gasteiger charge is 2.16. The van der Waals surface area contributed by atoms with Crippen LogP contribution in [0.3, 0.4) is 0 Å². The number of aliphatic hydroxyl groups excluding tert-OH is 1. The number of guanidine groups is 1.